The van der Waals surface area contributed by atoms with Gasteiger partial charge in [-0.25, -0.2) is 9.67 Å². The van der Waals surface area contributed by atoms with Crippen molar-refractivity contribution in [3.8, 4) is 11.3 Å². The number of nitrogens with zero attached hydrogens (tertiary/aromatic N) is 5. The van der Waals surface area contributed by atoms with Gasteiger partial charge < -0.3 is 5.32 Å². The van der Waals surface area contributed by atoms with Gasteiger partial charge in [-0.15, -0.1) is 16.4 Å². The molecule has 1 unspecified atom stereocenters. The maximum atomic E-state index is 13.0. The Kier molecular flexibility index (Phi) is 5.71. The van der Waals surface area contributed by atoms with Crippen LogP contribution >= 0.6 is 11.3 Å². The Morgan fingerprint density at radius 1 is 1.10 bits per heavy atom. The molecule has 0 spiro atoms. The molecule has 4 rings (SSSR count). The van der Waals surface area contributed by atoms with Crippen molar-refractivity contribution in [2.24, 2.45) is 0 Å². The summed E-state index contributed by atoms with van der Waals surface area (Å²) in [6.45, 7) is 2.13. The largest absolute Gasteiger partial charge is 0.300 e. The number of rotatable bonds is 7. The summed E-state index contributed by atoms with van der Waals surface area (Å²) < 4.78 is 1.47. The van der Waals surface area contributed by atoms with Crippen molar-refractivity contribution in [2.45, 2.75) is 25.8 Å². The van der Waals surface area contributed by atoms with Gasteiger partial charge >= 0.3 is 0 Å². The maximum absolute atomic E-state index is 13.0. The third-order valence-corrected chi connectivity index (χ3v) is 5.41. The van der Waals surface area contributed by atoms with Crippen LogP contribution in [0.4, 0.5) is 5.13 Å². The zero-order valence-electron chi connectivity index (χ0n) is 15.9. The van der Waals surface area contributed by atoms with Crippen LogP contribution in [0.15, 0.2) is 66.3 Å². The highest BCUT2D eigenvalue weighted by Crippen LogP contribution is 2.26. The summed E-state index contributed by atoms with van der Waals surface area (Å²) in [4.78, 5) is 17.6. The van der Waals surface area contributed by atoms with Gasteiger partial charge in [0.15, 0.2) is 5.13 Å². The van der Waals surface area contributed by atoms with Gasteiger partial charge in [0.25, 0.3) is 5.91 Å². The lowest BCUT2D eigenvalue weighted by atomic mass is 10.1. The molecule has 0 radical (unpaired) electrons. The second-order valence-electron chi connectivity index (χ2n) is 6.57. The molecule has 146 valence electrons. The number of hydrogen-bond donors (Lipinski definition) is 1. The van der Waals surface area contributed by atoms with Crippen LogP contribution in [0.1, 0.15) is 24.1 Å². The van der Waals surface area contributed by atoms with E-state index < -0.39 is 6.04 Å². The standard InChI is InChI=1S/C21H20N6OS/c1-2-15-8-10-17(11-9-15)18-13-29-21(23-18)24-20(28)19(27-14-22-25-26-27)12-16-6-4-3-5-7-16/h3-11,13-14,19H,2,12H2,1H3,(H,23,24,28). The number of amides is 1. The number of benzene rings is 2. The van der Waals surface area contributed by atoms with Gasteiger partial charge in [-0.05, 0) is 28.0 Å². The number of hydrogen-bond acceptors (Lipinski definition) is 6. The molecule has 1 amide bonds. The molecule has 8 heteroatoms. The molecule has 0 aliphatic heterocycles. The number of tetrazole rings is 1. The van der Waals surface area contributed by atoms with E-state index in [1.807, 2.05) is 35.7 Å². The van der Waals surface area contributed by atoms with E-state index in [0.29, 0.717) is 11.6 Å². The molecule has 1 N–H and O–H groups in total. The quantitative estimate of drug-likeness (QED) is 0.507. The number of thiazole rings is 1. The highest BCUT2D eigenvalue weighted by atomic mass is 32.1. The van der Waals surface area contributed by atoms with Crippen LogP contribution < -0.4 is 5.32 Å². The van der Waals surface area contributed by atoms with Crippen molar-refractivity contribution in [1.82, 2.24) is 25.2 Å². The molecule has 2 aromatic carbocycles. The van der Waals surface area contributed by atoms with E-state index in [-0.39, 0.29) is 5.91 Å². The highest BCUT2D eigenvalue weighted by Gasteiger charge is 2.23. The average Bonchev–Trinajstić information content (AvgIpc) is 3.45. The third kappa shape index (κ3) is 4.55. The van der Waals surface area contributed by atoms with Crippen molar-refractivity contribution >= 4 is 22.4 Å². The Morgan fingerprint density at radius 3 is 2.59 bits per heavy atom. The van der Waals surface area contributed by atoms with Crippen LogP contribution in [-0.4, -0.2) is 31.1 Å². The van der Waals surface area contributed by atoms with Gasteiger partial charge in [-0.3, -0.25) is 4.79 Å². The van der Waals surface area contributed by atoms with Crippen molar-refractivity contribution < 1.29 is 4.79 Å². The molecule has 2 heterocycles. The lowest BCUT2D eigenvalue weighted by Gasteiger charge is -2.15. The fraction of sp³-hybridized carbons (Fsp3) is 0.190. The number of anilines is 1. The van der Waals surface area contributed by atoms with Crippen LogP contribution in [0, 0.1) is 0 Å². The monoisotopic (exact) mass is 404 g/mol. The van der Waals surface area contributed by atoms with Crippen molar-refractivity contribution in [3.05, 3.63) is 77.4 Å². The first kappa shape index (κ1) is 18.9. The molecule has 0 aliphatic rings. The van der Waals surface area contributed by atoms with Gasteiger partial charge in [-0.1, -0.05) is 61.5 Å². The maximum Gasteiger partial charge on any atom is 0.251 e. The normalized spacial score (nSPS) is 11.9. The van der Waals surface area contributed by atoms with Gasteiger partial charge in [-0.2, -0.15) is 0 Å². The number of carbonyl (C=O) groups is 1. The van der Waals surface area contributed by atoms with Crippen molar-refractivity contribution in [2.75, 3.05) is 5.32 Å². The lowest BCUT2D eigenvalue weighted by Crippen LogP contribution is -2.28. The minimum Gasteiger partial charge on any atom is -0.300 e. The van der Waals surface area contributed by atoms with Crippen molar-refractivity contribution in [3.63, 3.8) is 0 Å². The summed E-state index contributed by atoms with van der Waals surface area (Å²) in [6, 6.07) is 17.5. The molecule has 0 fully saturated rings. The smallest absolute Gasteiger partial charge is 0.251 e. The van der Waals surface area contributed by atoms with E-state index >= 15 is 0 Å². The van der Waals surface area contributed by atoms with Crippen molar-refractivity contribution in [1.29, 1.82) is 0 Å². The van der Waals surface area contributed by atoms with E-state index in [9.17, 15) is 4.79 Å². The van der Waals surface area contributed by atoms with Crippen LogP contribution in [0.5, 0.6) is 0 Å². The average molecular weight is 404 g/mol. The molecule has 7 nitrogen and oxygen atoms in total. The minimum atomic E-state index is -0.566. The Balaban J connectivity index is 1.51. The Morgan fingerprint density at radius 2 is 1.90 bits per heavy atom. The van der Waals surface area contributed by atoms with Crippen LogP contribution in [0.2, 0.25) is 0 Å². The van der Waals surface area contributed by atoms with Crippen LogP contribution in [0.3, 0.4) is 0 Å². The van der Waals surface area contributed by atoms with E-state index in [1.54, 1.807) is 0 Å². The minimum absolute atomic E-state index is 0.205. The van der Waals surface area contributed by atoms with Gasteiger partial charge in [0, 0.05) is 17.4 Å². The van der Waals surface area contributed by atoms with Crippen LogP contribution in [-0.2, 0) is 17.6 Å². The molecule has 0 aliphatic carbocycles. The molecular formula is C21H20N6OS. The van der Waals surface area contributed by atoms with Crippen LogP contribution in [0.25, 0.3) is 11.3 Å². The number of nitrogens with one attached hydrogen (secondary N) is 1. The number of aromatic nitrogens is 5. The second-order valence-corrected chi connectivity index (χ2v) is 7.43. The first-order valence-electron chi connectivity index (χ1n) is 9.35. The molecule has 1 atom stereocenters. The fourth-order valence-electron chi connectivity index (χ4n) is 3.02. The van der Waals surface area contributed by atoms with Gasteiger partial charge in [0.05, 0.1) is 5.69 Å². The fourth-order valence-corrected chi connectivity index (χ4v) is 3.74. The predicted molar refractivity (Wildman–Crippen MR) is 113 cm³/mol. The van der Waals surface area contributed by atoms with E-state index in [2.05, 4.69) is 57.0 Å². The van der Waals surface area contributed by atoms with E-state index in [0.717, 1.165) is 23.2 Å². The molecule has 4 aromatic rings. The van der Waals surface area contributed by atoms with E-state index in [4.69, 9.17) is 0 Å². The Hall–Kier alpha value is -3.39. The number of aryl methyl sites for hydroxylation is 1. The van der Waals surface area contributed by atoms with E-state index in [1.165, 1.54) is 27.9 Å². The molecule has 2 aromatic heterocycles. The predicted octanol–water partition coefficient (Wildman–Crippen LogP) is 3.78. The topological polar surface area (TPSA) is 85.6 Å². The first-order valence-corrected chi connectivity index (χ1v) is 10.2. The van der Waals surface area contributed by atoms with Gasteiger partial charge in [0.1, 0.15) is 12.4 Å². The number of carbonyl (C=O) groups excluding carboxylic acids is 1. The summed E-state index contributed by atoms with van der Waals surface area (Å²) in [6.07, 6.45) is 2.93. The van der Waals surface area contributed by atoms with Gasteiger partial charge in [0.2, 0.25) is 0 Å². The zero-order chi connectivity index (χ0) is 20.1. The first-order chi connectivity index (χ1) is 14.2. The molecule has 0 saturated heterocycles. The Bertz CT molecular complexity index is 1060. The zero-order valence-corrected chi connectivity index (χ0v) is 16.7. The summed E-state index contributed by atoms with van der Waals surface area (Å²) >= 11 is 1.40. The molecule has 0 saturated carbocycles. The molecular weight excluding hydrogens is 384 g/mol. The Labute approximate surface area is 172 Å². The summed E-state index contributed by atoms with van der Waals surface area (Å²) in [5, 5.41) is 16.7. The second kappa shape index (κ2) is 8.74. The molecule has 0 bridgehead atoms. The summed E-state index contributed by atoms with van der Waals surface area (Å²) in [7, 11) is 0. The highest BCUT2D eigenvalue weighted by molar-refractivity contribution is 7.14. The SMILES string of the molecule is CCc1ccc(-c2csc(NC(=O)C(Cc3ccccc3)n3cnnn3)n2)cc1. The summed E-state index contributed by atoms with van der Waals surface area (Å²) in [5.41, 5.74) is 4.18. The molecule has 29 heavy (non-hydrogen) atoms. The summed E-state index contributed by atoms with van der Waals surface area (Å²) in [5.74, 6) is -0.205. The lowest BCUT2D eigenvalue weighted by molar-refractivity contribution is -0.119. The third-order valence-electron chi connectivity index (χ3n) is 4.65.